The summed E-state index contributed by atoms with van der Waals surface area (Å²) in [6.45, 7) is 0. The van der Waals surface area contributed by atoms with Crippen LogP contribution in [0.5, 0.6) is 0 Å². The first-order valence-electron chi connectivity index (χ1n) is 20.4. The molecule has 0 radical (unpaired) electrons. The number of pyridine rings is 1. The Morgan fingerprint density at radius 2 is 1.00 bits per heavy atom. The van der Waals surface area contributed by atoms with Crippen LogP contribution < -0.4 is 5.56 Å². The molecule has 0 bridgehead atoms. The number of aryl methyl sites for hydroxylation is 1. The van der Waals surface area contributed by atoms with Crippen LogP contribution in [0.1, 0.15) is 17.7 Å². The molecule has 12 rings (SSSR count). The molecule has 0 fully saturated rings. The van der Waals surface area contributed by atoms with E-state index in [1.54, 1.807) is 0 Å². The molecular formula is C55H37N3O. The van der Waals surface area contributed by atoms with Gasteiger partial charge in [0.1, 0.15) is 0 Å². The molecule has 0 saturated heterocycles. The average Bonchev–Trinajstić information content (AvgIpc) is 3.82. The van der Waals surface area contributed by atoms with Gasteiger partial charge in [-0.15, -0.1) is 0 Å². The van der Waals surface area contributed by atoms with Gasteiger partial charge >= 0.3 is 0 Å². The molecule has 1 aliphatic carbocycles. The summed E-state index contributed by atoms with van der Waals surface area (Å²) in [7, 11) is 0. The van der Waals surface area contributed by atoms with Gasteiger partial charge in [-0.3, -0.25) is 9.36 Å². The van der Waals surface area contributed by atoms with Crippen molar-refractivity contribution in [2.75, 3.05) is 0 Å². The zero-order valence-corrected chi connectivity index (χ0v) is 32.2. The van der Waals surface area contributed by atoms with Crippen LogP contribution in [0.15, 0.2) is 199 Å². The Bertz CT molecular complexity index is 3550. The lowest BCUT2D eigenvalue weighted by molar-refractivity contribution is 0.967. The highest BCUT2D eigenvalue weighted by molar-refractivity contribution is 6.22. The van der Waals surface area contributed by atoms with Gasteiger partial charge in [0.05, 0.1) is 22.1 Å². The van der Waals surface area contributed by atoms with Crippen LogP contribution in [0.3, 0.4) is 0 Å². The van der Waals surface area contributed by atoms with Gasteiger partial charge in [-0.25, -0.2) is 0 Å². The smallest absolute Gasteiger partial charge is 0.263 e. The van der Waals surface area contributed by atoms with Crippen LogP contribution in [0.2, 0.25) is 0 Å². The summed E-state index contributed by atoms with van der Waals surface area (Å²) < 4.78 is 6.75. The molecule has 11 aromatic rings. The highest BCUT2D eigenvalue weighted by atomic mass is 16.1. The predicted molar refractivity (Wildman–Crippen MR) is 246 cm³/mol. The van der Waals surface area contributed by atoms with Crippen molar-refractivity contribution < 1.29 is 0 Å². The lowest BCUT2D eigenvalue weighted by Crippen LogP contribution is -2.19. The third-order valence-electron chi connectivity index (χ3n) is 12.3. The van der Waals surface area contributed by atoms with E-state index in [-0.39, 0.29) is 5.56 Å². The van der Waals surface area contributed by atoms with E-state index in [1.165, 1.54) is 27.9 Å². The van der Waals surface area contributed by atoms with Crippen LogP contribution >= 0.6 is 0 Å². The van der Waals surface area contributed by atoms with E-state index in [4.69, 9.17) is 0 Å². The van der Waals surface area contributed by atoms with E-state index >= 15 is 4.79 Å². The van der Waals surface area contributed by atoms with Crippen LogP contribution in [0, 0.1) is 0 Å². The molecule has 0 N–H and O–H groups in total. The first kappa shape index (κ1) is 33.4. The van der Waals surface area contributed by atoms with E-state index in [9.17, 15) is 0 Å². The van der Waals surface area contributed by atoms with Crippen molar-refractivity contribution >= 4 is 60.5 Å². The number of aromatic nitrogens is 3. The second kappa shape index (κ2) is 13.2. The number of allylic oxidation sites excluding steroid dienone is 1. The third kappa shape index (κ3) is 5.13. The maximum atomic E-state index is 15.4. The summed E-state index contributed by atoms with van der Waals surface area (Å²) in [5.74, 6) is 0. The van der Waals surface area contributed by atoms with Gasteiger partial charge in [0.2, 0.25) is 0 Å². The number of hydrogen-bond donors (Lipinski definition) is 0. The summed E-state index contributed by atoms with van der Waals surface area (Å²) in [5, 5.41) is 6.02. The number of para-hydroxylation sites is 2. The van der Waals surface area contributed by atoms with Gasteiger partial charge in [-0.05, 0) is 113 Å². The quantitative estimate of drug-likeness (QED) is 0.161. The molecule has 4 heteroatoms. The summed E-state index contributed by atoms with van der Waals surface area (Å²) in [6, 6.07) is 66.4. The highest BCUT2D eigenvalue weighted by Gasteiger charge is 2.25. The van der Waals surface area contributed by atoms with Crippen molar-refractivity contribution in [3.63, 3.8) is 0 Å². The monoisotopic (exact) mass is 755 g/mol. The van der Waals surface area contributed by atoms with Gasteiger partial charge in [0.25, 0.3) is 5.56 Å². The molecule has 0 amide bonds. The van der Waals surface area contributed by atoms with Crippen LogP contribution in [0.4, 0.5) is 0 Å². The van der Waals surface area contributed by atoms with E-state index in [0.29, 0.717) is 5.39 Å². The zero-order valence-electron chi connectivity index (χ0n) is 32.2. The predicted octanol–water partition coefficient (Wildman–Crippen LogP) is 13.5. The van der Waals surface area contributed by atoms with Crippen molar-refractivity contribution in [2.24, 2.45) is 0 Å². The van der Waals surface area contributed by atoms with Crippen LogP contribution in [-0.2, 0) is 6.42 Å². The molecule has 0 aliphatic heterocycles. The number of benzene rings is 8. The lowest BCUT2D eigenvalue weighted by atomic mass is 9.96. The third-order valence-corrected chi connectivity index (χ3v) is 12.3. The molecule has 59 heavy (non-hydrogen) atoms. The summed E-state index contributed by atoms with van der Waals surface area (Å²) >= 11 is 0. The Hall–Kier alpha value is -7.69. The minimum absolute atomic E-state index is 0.0186. The molecule has 0 spiro atoms. The Labute approximate surface area is 340 Å². The van der Waals surface area contributed by atoms with E-state index in [1.807, 2.05) is 22.8 Å². The second-order valence-corrected chi connectivity index (χ2v) is 15.6. The number of fused-ring (bicyclic) bond motifs is 10. The summed E-state index contributed by atoms with van der Waals surface area (Å²) in [4.78, 5) is 15.4. The van der Waals surface area contributed by atoms with Crippen molar-refractivity contribution in [3.05, 3.63) is 216 Å². The fourth-order valence-electron chi connectivity index (χ4n) is 9.68. The Morgan fingerprint density at radius 3 is 1.71 bits per heavy atom. The molecule has 0 atom stereocenters. The molecule has 3 aromatic heterocycles. The highest BCUT2D eigenvalue weighted by Crippen LogP contribution is 2.42. The van der Waals surface area contributed by atoms with Crippen molar-refractivity contribution in [1.82, 2.24) is 13.7 Å². The first-order valence-corrected chi connectivity index (χ1v) is 20.4. The van der Waals surface area contributed by atoms with E-state index in [2.05, 4.69) is 191 Å². The molecule has 3 heterocycles. The van der Waals surface area contributed by atoms with Gasteiger partial charge in [-0.2, -0.15) is 0 Å². The first-order chi connectivity index (χ1) is 29.2. The Morgan fingerprint density at radius 1 is 0.390 bits per heavy atom. The lowest BCUT2D eigenvalue weighted by Gasteiger charge is -2.17. The minimum atomic E-state index is -0.0186. The van der Waals surface area contributed by atoms with Gasteiger partial charge in [0.15, 0.2) is 0 Å². The molecule has 0 saturated carbocycles. The molecule has 1 aliphatic rings. The minimum Gasteiger partial charge on any atom is -0.309 e. The molecule has 0 unspecified atom stereocenters. The summed E-state index contributed by atoms with van der Waals surface area (Å²) in [6.07, 6.45) is 6.39. The second-order valence-electron chi connectivity index (χ2n) is 15.6. The normalized spacial score (nSPS) is 12.6. The van der Waals surface area contributed by atoms with Crippen molar-refractivity contribution in [2.45, 2.75) is 12.8 Å². The number of nitrogens with zero attached hydrogens (tertiary/aromatic N) is 3. The van der Waals surface area contributed by atoms with Crippen LogP contribution in [0.25, 0.3) is 99.8 Å². The SMILES string of the molecule is O=c1c2cc3c4ccccc4n(-c4cccc(-c5ccccc5)c4)c3cc2c2ccc3c(c4c(n3-c3cccc(-c5ccccc5)c3)C=CCC4)c2n1-c1ccccc1. The topological polar surface area (TPSA) is 31.9 Å². The van der Waals surface area contributed by atoms with E-state index in [0.717, 1.165) is 84.5 Å². The van der Waals surface area contributed by atoms with Gasteiger partial charge in [0, 0.05) is 49.7 Å². The Kier molecular flexibility index (Phi) is 7.48. The number of hydrogen-bond acceptors (Lipinski definition) is 1. The Balaban J connectivity index is 1.20. The zero-order chi connectivity index (χ0) is 39.0. The maximum absolute atomic E-state index is 15.4. The standard InChI is InChI=1S/C55H37N3O/c59-55-48-34-47-43-26-10-12-28-49(43)57(42-25-15-21-39(33-42)37-18-6-2-7-19-37)52(47)35-46(48)44-30-31-51-53(54(44)58(55)40-22-8-3-9-23-40)45-27-11-13-29-50(45)56(51)41-24-14-20-38(32-41)36-16-4-1-5-17-36/h1-10,12-26,28-35H,11,27H2. The molecule has 278 valence electrons. The van der Waals surface area contributed by atoms with Crippen LogP contribution in [-0.4, -0.2) is 13.7 Å². The molecule has 4 nitrogen and oxygen atoms in total. The maximum Gasteiger partial charge on any atom is 0.263 e. The van der Waals surface area contributed by atoms with Crippen molar-refractivity contribution in [3.8, 4) is 39.3 Å². The summed E-state index contributed by atoms with van der Waals surface area (Å²) in [5.41, 5.74) is 14.4. The largest absolute Gasteiger partial charge is 0.309 e. The molecule has 8 aromatic carbocycles. The molecular weight excluding hydrogens is 719 g/mol. The van der Waals surface area contributed by atoms with E-state index < -0.39 is 0 Å². The average molecular weight is 756 g/mol. The van der Waals surface area contributed by atoms with Gasteiger partial charge in [-0.1, -0.05) is 133 Å². The fraction of sp³-hybridized carbons (Fsp3) is 0.0364. The fourth-order valence-corrected chi connectivity index (χ4v) is 9.68. The van der Waals surface area contributed by atoms with Crippen molar-refractivity contribution in [1.29, 1.82) is 0 Å². The van der Waals surface area contributed by atoms with Gasteiger partial charge < -0.3 is 9.13 Å². The number of rotatable bonds is 5.